The average Bonchev–Trinajstić information content (AvgIpc) is 3.17. The summed E-state index contributed by atoms with van der Waals surface area (Å²) in [5.74, 6) is 0.221. The Bertz CT molecular complexity index is 1250. The Morgan fingerprint density at radius 2 is 1.93 bits per heavy atom. The second-order valence-electron chi connectivity index (χ2n) is 6.43. The molecule has 4 rings (SSSR count). The van der Waals surface area contributed by atoms with Gasteiger partial charge in [-0.25, -0.2) is 14.5 Å². The van der Waals surface area contributed by atoms with Gasteiger partial charge in [-0.3, -0.25) is 4.79 Å². The topological polar surface area (TPSA) is 89.9 Å². The van der Waals surface area contributed by atoms with Gasteiger partial charge in [-0.05, 0) is 36.2 Å². The molecule has 7 nitrogen and oxygen atoms in total. The highest BCUT2D eigenvalue weighted by Gasteiger charge is 2.13. The Morgan fingerprint density at radius 1 is 1.17 bits per heavy atom. The number of H-pyrrole nitrogens is 1. The van der Waals surface area contributed by atoms with E-state index >= 15 is 0 Å². The standard InChI is InChI=1S/C21H18N4O3S/c1-13-5-3-4-6-17(13)25-18-16(11-22-25)19(26)24-21(23-18)29-12-14-7-9-15(10-8-14)20(27)28-2/h3-11H,12H2,1-2H3,(H,23,24,26). The van der Waals surface area contributed by atoms with Crippen LogP contribution in [0.5, 0.6) is 0 Å². The van der Waals surface area contributed by atoms with Crippen LogP contribution in [0.25, 0.3) is 16.7 Å². The lowest BCUT2D eigenvalue weighted by molar-refractivity contribution is 0.0600. The number of esters is 1. The maximum absolute atomic E-state index is 12.5. The molecule has 0 aliphatic carbocycles. The number of hydrogen-bond donors (Lipinski definition) is 1. The van der Waals surface area contributed by atoms with Crippen LogP contribution in [0.1, 0.15) is 21.5 Å². The molecule has 0 radical (unpaired) electrons. The van der Waals surface area contributed by atoms with E-state index < -0.39 is 0 Å². The zero-order valence-corrected chi connectivity index (χ0v) is 16.7. The molecule has 0 aliphatic rings. The van der Waals surface area contributed by atoms with Crippen molar-refractivity contribution >= 4 is 28.8 Å². The van der Waals surface area contributed by atoms with Gasteiger partial charge in [-0.15, -0.1) is 0 Å². The minimum atomic E-state index is -0.370. The van der Waals surface area contributed by atoms with Crippen molar-refractivity contribution in [2.75, 3.05) is 7.11 Å². The van der Waals surface area contributed by atoms with Crippen LogP contribution >= 0.6 is 11.8 Å². The molecule has 146 valence electrons. The van der Waals surface area contributed by atoms with Crippen molar-refractivity contribution in [3.05, 3.63) is 81.8 Å². The van der Waals surface area contributed by atoms with E-state index in [4.69, 9.17) is 4.74 Å². The molecule has 1 N–H and O–H groups in total. The quantitative estimate of drug-likeness (QED) is 0.310. The lowest BCUT2D eigenvalue weighted by atomic mass is 10.1. The summed E-state index contributed by atoms with van der Waals surface area (Å²) in [5, 5.41) is 5.32. The van der Waals surface area contributed by atoms with E-state index in [0.29, 0.717) is 27.5 Å². The van der Waals surface area contributed by atoms with Crippen molar-refractivity contribution in [1.29, 1.82) is 0 Å². The number of aromatic amines is 1. The van der Waals surface area contributed by atoms with Gasteiger partial charge >= 0.3 is 5.97 Å². The summed E-state index contributed by atoms with van der Waals surface area (Å²) in [6.45, 7) is 1.99. The molecular weight excluding hydrogens is 388 g/mol. The normalized spacial score (nSPS) is 11.0. The van der Waals surface area contributed by atoms with Gasteiger partial charge in [0.05, 0.1) is 24.6 Å². The molecule has 0 bridgehead atoms. The first kappa shape index (κ1) is 18.9. The smallest absolute Gasteiger partial charge is 0.337 e. The lowest BCUT2D eigenvalue weighted by Crippen LogP contribution is -2.10. The third kappa shape index (κ3) is 3.79. The van der Waals surface area contributed by atoms with E-state index in [2.05, 4.69) is 15.1 Å². The Hall–Kier alpha value is -3.39. The van der Waals surface area contributed by atoms with Crippen molar-refractivity contribution in [2.45, 2.75) is 17.8 Å². The van der Waals surface area contributed by atoms with Crippen LogP contribution in [0.2, 0.25) is 0 Å². The summed E-state index contributed by atoms with van der Waals surface area (Å²) in [6.07, 6.45) is 1.54. The first-order chi connectivity index (χ1) is 14.1. The highest BCUT2D eigenvalue weighted by atomic mass is 32.2. The predicted molar refractivity (Wildman–Crippen MR) is 112 cm³/mol. The van der Waals surface area contributed by atoms with E-state index in [1.165, 1.54) is 25.1 Å². The van der Waals surface area contributed by atoms with E-state index in [1.807, 2.05) is 43.3 Å². The first-order valence-corrected chi connectivity index (χ1v) is 9.89. The third-order valence-corrected chi connectivity index (χ3v) is 5.46. The van der Waals surface area contributed by atoms with Crippen LogP contribution in [0, 0.1) is 6.92 Å². The highest BCUT2D eigenvalue weighted by Crippen LogP contribution is 2.22. The predicted octanol–water partition coefficient (Wildman–Crippen LogP) is 3.50. The number of fused-ring (bicyclic) bond motifs is 1. The number of hydrogen-bond acceptors (Lipinski definition) is 6. The van der Waals surface area contributed by atoms with E-state index in [9.17, 15) is 9.59 Å². The fourth-order valence-electron chi connectivity index (χ4n) is 2.95. The average molecular weight is 406 g/mol. The number of nitrogens with zero attached hydrogens (tertiary/aromatic N) is 3. The summed E-state index contributed by atoms with van der Waals surface area (Å²) in [4.78, 5) is 31.4. The molecule has 0 saturated carbocycles. The second-order valence-corrected chi connectivity index (χ2v) is 7.39. The molecule has 0 spiro atoms. The molecule has 0 fully saturated rings. The zero-order valence-electron chi connectivity index (χ0n) is 15.9. The SMILES string of the molecule is COC(=O)c1ccc(CSc2nc3c(cnn3-c3ccccc3C)c(=O)[nH]2)cc1. The molecular formula is C21H18N4O3S. The van der Waals surface area contributed by atoms with Crippen LogP contribution in [-0.4, -0.2) is 32.8 Å². The van der Waals surface area contributed by atoms with Crippen LogP contribution in [0.15, 0.2) is 64.7 Å². The number of nitrogens with one attached hydrogen (secondary N) is 1. The van der Waals surface area contributed by atoms with Gasteiger partial charge in [-0.1, -0.05) is 42.1 Å². The number of aryl methyl sites for hydroxylation is 1. The molecule has 0 atom stereocenters. The van der Waals surface area contributed by atoms with Crippen molar-refractivity contribution in [2.24, 2.45) is 0 Å². The van der Waals surface area contributed by atoms with E-state index in [0.717, 1.165) is 16.8 Å². The summed E-state index contributed by atoms with van der Waals surface area (Å²) >= 11 is 1.41. The number of ether oxygens (including phenoxy) is 1. The van der Waals surface area contributed by atoms with Crippen molar-refractivity contribution < 1.29 is 9.53 Å². The number of thioether (sulfide) groups is 1. The number of benzene rings is 2. The van der Waals surface area contributed by atoms with Gasteiger partial charge < -0.3 is 9.72 Å². The first-order valence-electron chi connectivity index (χ1n) is 8.91. The minimum absolute atomic E-state index is 0.224. The molecule has 0 amide bonds. The molecule has 8 heteroatoms. The zero-order chi connectivity index (χ0) is 20.4. The molecule has 4 aromatic rings. The monoisotopic (exact) mass is 406 g/mol. The molecule has 0 saturated heterocycles. The lowest BCUT2D eigenvalue weighted by Gasteiger charge is -2.07. The molecule has 2 heterocycles. The van der Waals surface area contributed by atoms with Gasteiger partial charge in [0.15, 0.2) is 10.8 Å². The third-order valence-electron chi connectivity index (χ3n) is 4.51. The summed E-state index contributed by atoms with van der Waals surface area (Å²) < 4.78 is 6.40. The van der Waals surface area contributed by atoms with Crippen LogP contribution in [0.3, 0.4) is 0 Å². The summed E-state index contributed by atoms with van der Waals surface area (Å²) in [7, 11) is 1.35. The molecule has 2 aromatic carbocycles. The number of aromatic nitrogens is 4. The minimum Gasteiger partial charge on any atom is -0.465 e. The maximum Gasteiger partial charge on any atom is 0.337 e. The summed E-state index contributed by atoms with van der Waals surface area (Å²) in [6, 6.07) is 15.0. The fourth-order valence-corrected chi connectivity index (χ4v) is 3.76. The van der Waals surface area contributed by atoms with Gasteiger partial charge in [0.25, 0.3) is 5.56 Å². The Kier molecular flexibility index (Phi) is 5.18. The second kappa shape index (κ2) is 7.92. The van der Waals surface area contributed by atoms with E-state index in [1.54, 1.807) is 16.8 Å². The van der Waals surface area contributed by atoms with Crippen LogP contribution < -0.4 is 5.56 Å². The Balaban J connectivity index is 1.62. The molecule has 0 aliphatic heterocycles. The van der Waals surface area contributed by atoms with Gasteiger partial charge in [0.2, 0.25) is 0 Å². The number of rotatable bonds is 5. The Morgan fingerprint density at radius 3 is 2.66 bits per heavy atom. The van der Waals surface area contributed by atoms with Crippen molar-refractivity contribution in [3.8, 4) is 5.69 Å². The number of para-hydroxylation sites is 1. The molecule has 29 heavy (non-hydrogen) atoms. The van der Waals surface area contributed by atoms with Crippen LogP contribution in [0.4, 0.5) is 0 Å². The number of carbonyl (C=O) groups excluding carboxylic acids is 1. The van der Waals surface area contributed by atoms with Crippen molar-refractivity contribution in [3.63, 3.8) is 0 Å². The van der Waals surface area contributed by atoms with Gasteiger partial charge in [-0.2, -0.15) is 5.10 Å². The summed E-state index contributed by atoms with van der Waals surface area (Å²) in [5.41, 5.74) is 3.72. The number of methoxy groups -OCH3 is 1. The van der Waals surface area contributed by atoms with Gasteiger partial charge in [0.1, 0.15) is 5.39 Å². The maximum atomic E-state index is 12.5. The number of carbonyl (C=O) groups is 1. The molecule has 0 unspecified atom stereocenters. The Labute approximate surface area is 170 Å². The van der Waals surface area contributed by atoms with Gasteiger partial charge in [0, 0.05) is 5.75 Å². The largest absolute Gasteiger partial charge is 0.465 e. The highest BCUT2D eigenvalue weighted by molar-refractivity contribution is 7.98. The van der Waals surface area contributed by atoms with Crippen LogP contribution in [-0.2, 0) is 10.5 Å². The van der Waals surface area contributed by atoms with E-state index in [-0.39, 0.29) is 11.5 Å². The molecule has 2 aromatic heterocycles. The fraction of sp³-hybridized carbons (Fsp3) is 0.143. The van der Waals surface area contributed by atoms with Crippen molar-refractivity contribution in [1.82, 2.24) is 19.7 Å².